The summed E-state index contributed by atoms with van der Waals surface area (Å²) < 4.78 is 65.6. The monoisotopic (exact) mass is 481 g/mol. The van der Waals surface area contributed by atoms with Crippen molar-refractivity contribution in [1.29, 1.82) is 5.26 Å². The minimum Gasteiger partial charge on any atom is -0.321 e. The first-order valence-corrected chi connectivity index (χ1v) is 11.2. The third kappa shape index (κ3) is 4.81. The number of alkyl halides is 3. The molecule has 11 nitrogen and oxygen atoms in total. The lowest BCUT2D eigenvalue weighted by Crippen LogP contribution is -2.65. The Labute approximate surface area is 186 Å². The molecule has 15 heteroatoms. The molecule has 3 aromatic rings. The van der Waals surface area contributed by atoms with E-state index < -0.39 is 27.5 Å². The van der Waals surface area contributed by atoms with Crippen LogP contribution in [0.15, 0.2) is 37.1 Å². The number of nitriles is 1. The minimum absolute atomic E-state index is 0.121. The topological polar surface area (TPSA) is 135 Å². The number of hydrogen-bond donors (Lipinski definition) is 1. The molecule has 33 heavy (non-hydrogen) atoms. The fraction of sp³-hybridized carbons (Fsp3) is 0.389. The van der Waals surface area contributed by atoms with Crippen molar-refractivity contribution >= 4 is 21.7 Å². The summed E-state index contributed by atoms with van der Waals surface area (Å²) in [5.74, 6) is -1.63. The number of halogens is 3. The maximum atomic E-state index is 12.6. The highest BCUT2D eigenvalue weighted by Gasteiger charge is 2.52. The average Bonchev–Trinajstić information content (AvgIpc) is 3.32. The van der Waals surface area contributed by atoms with Crippen molar-refractivity contribution < 1.29 is 21.6 Å². The van der Waals surface area contributed by atoms with E-state index in [1.54, 1.807) is 36.4 Å². The van der Waals surface area contributed by atoms with Gasteiger partial charge in [0.05, 0.1) is 36.3 Å². The molecule has 0 radical (unpaired) electrons. The lowest BCUT2D eigenvalue weighted by Gasteiger charge is -2.47. The number of sulfonamides is 1. The summed E-state index contributed by atoms with van der Waals surface area (Å²) in [5.41, 5.74) is 0.708. The Hall–Kier alpha value is -3.51. The lowest BCUT2D eigenvalue weighted by atomic mass is 9.89. The van der Waals surface area contributed by atoms with Crippen LogP contribution in [0.4, 0.5) is 24.8 Å². The molecule has 1 N–H and O–H groups in total. The Morgan fingerprint density at radius 3 is 2.64 bits per heavy atom. The van der Waals surface area contributed by atoms with Crippen molar-refractivity contribution in [3.05, 3.63) is 37.1 Å². The molecule has 0 spiro atoms. The Kier molecular flexibility index (Phi) is 5.58. The second kappa shape index (κ2) is 8.12. The molecule has 3 aromatic heterocycles. The van der Waals surface area contributed by atoms with Gasteiger partial charge in [-0.2, -0.15) is 32.9 Å². The van der Waals surface area contributed by atoms with Crippen LogP contribution in [-0.4, -0.2) is 67.3 Å². The Morgan fingerprint density at radius 2 is 2.00 bits per heavy atom. The first-order chi connectivity index (χ1) is 15.5. The molecule has 0 unspecified atom stereocenters. The highest BCUT2D eigenvalue weighted by atomic mass is 32.2. The van der Waals surface area contributed by atoms with E-state index in [9.17, 15) is 26.9 Å². The van der Waals surface area contributed by atoms with Crippen LogP contribution < -0.4 is 5.32 Å². The van der Waals surface area contributed by atoms with Crippen LogP contribution in [0.25, 0.3) is 11.3 Å². The van der Waals surface area contributed by atoms with Crippen molar-refractivity contribution in [3.63, 3.8) is 0 Å². The Morgan fingerprint density at radius 1 is 1.24 bits per heavy atom. The van der Waals surface area contributed by atoms with Crippen LogP contribution in [0, 0.1) is 11.3 Å². The molecule has 0 amide bonds. The molecule has 0 saturated carbocycles. The number of aromatic nitrogens is 6. The molecule has 1 aliphatic rings. The van der Waals surface area contributed by atoms with Crippen molar-refractivity contribution in [2.45, 2.75) is 18.1 Å². The van der Waals surface area contributed by atoms with Crippen LogP contribution >= 0.6 is 0 Å². The lowest BCUT2D eigenvalue weighted by molar-refractivity contribution is -0.107. The summed E-state index contributed by atoms with van der Waals surface area (Å²) in [6.45, 7) is -0.560. The zero-order valence-corrected chi connectivity index (χ0v) is 18.0. The van der Waals surface area contributed by atoms with E-state index in [1.165, 1.54) is 17.1 Å². The van der Waals surface area contributed by atoms with Gasteiger partial charge in [-0.15, -0.1) is 0 Å². The van der Waals surface area contributed by atoms with Crippen LogP contribution in [0.1, 0.15) is 6.42 Å². The van der Waals surface area contributed by atoms with Gasteiger partial charge in [0.15, 0.2) is 5.75 Å². The van der Waals surface area contributed by atoms with Gasteiger partial charge >= 0.3 is 6.18 Å². The number of nitrogens with zero attached hydrogens (tertiary/aromatic N) is 8. The smallest absolute Gasteiger partial charge is 0.321 e. The second-order valence-electron chi connectivity index (χ2n) is 7.67. The van der Waals surface area contributed by atoms with E-state index in [2.05, 4.69) is 25.5 Å². The van der Waals surface area contributed by atoms with Gasteiger partial charge in [0, 0.05) is 44.3 Å². The summed E-state index contributed by atoms with van der Waals surface area (Å²) >= 11 is 0. The average molecular weight is 481 g/mol. The molecule has 0 atom stereocenters. The number of nitrogens with one attached hydrogen (secondary N) is 1. The molecule has 1 saturated heterocycles. The van der Waals surface area contributed by atoms with E-state index in [1.807, 2.05) is 6.07 Å². The van der Waals surface area contributed by atoms with E-state index in [0.717, 1.165) is 4.31 Å². The van der Waals surface area contributed by atoms with Gasteiger partial charge in [0.1, 0.15) is 5.54 Å². The molecule has 1 aliphatic heterocycles. The van der Waals surface area contributed by atoms with E-state index in [4.69, 9.17) is 0 Å². The van der Waals surface area contributed by atoms with E-state index in [-0.39, 0.29) is 19.5 Å². The number of anilines is 2. The maximum absolute atomic E-state index is 12.6. The first-order valence-electron chi connectivity index (χ1n) is 9.55. The van der Waals surface area contributed by atoms with E-state index in [0.29, 0.717) is 22.9 Å². The predicted molar refractivity (Wildman–Crippen MR) is 109 cm³/mol. The number of hydrogen-bond acceptors (Lipinski definition) is 8. The molecule has 0 aliphatic carbocycles. The van der Waals surface area contributed by atoms with Crippen LogP contribution in [0.5, 0.6) is 0 Å². The summed E-state index contributed by atoms with van der Waals surface area (Å²) in [5, 5.41) is 20.5. The largest absolute Gasteiger partial charge is 0.404 e. The molecule has 0 aromatic carbocycles. The fourth-order valence-corrected chi connectivity index (χ4v) is 4.97. The van der Waals surface area contributed by atoms with Crippen LogP contribution in [0.3, 0.4) is 0 Å². The molecule has 4 rings (SSSR count). The summed E-state index contributed by atoms with van der Waals surface area (Å²) in [6, 6.07) is 3.62. The standard InChI is InChI=1S/C18H18F3N9O2S/c1-28-9-14(7-24-28)26-16-23-5-2-15(27-16)13-6-25-30(8-13)17(3-4-22)10-29(11-17)33(31,32)12-18(19,20)21/h2,5-9H,3,10-12H2,1H3,(H,23,26,27). The number of aryl methyl sites for hydroxylation is 1. The van der Waals surface area contributed by atoms with Gasteiger partial charge in [-0.05, 0) is 6.07 Å². The third-order valence-electron chi connectivity index (χ3n) is 5.07. The zero-order valence-electron chi connectivity index (χ0n) is 17.2. The van der Waals surface area contributed by atoms with Gasteiger partial charge in [0.2, 0.25) is 16.0 Å². The SMILES string of the molecule is Cn1cc(Nc2nccc(-c3cnn(C4(CC#N)CN(S(=O)(=O)CC(F)(F)F)C4)c3)n2)cn1. The molecule has 174 valence electrons. The summed E-state index contributed by atoms with van der Waals surface area (Å²) in [4.78, 5) is 8.57. The molecule has 0 bridgehead atoms. The van der Waals surface area contributed by atoms with Gasteiger partial charge in [-0.25, -0.2) is 18.4 Å². The minimum atomic E-state index is -4.85. The molecular weight excluding hydrogens is 463 g/mol. The Bertz CT molecular complexity index is 1300. The second-order valence-corrected chi connectivity index (χ2v) is 9.63. The van der Waals surface area contributed by atoms with Crippen molar-refractivity contribution in [2.24, 2.45) is 7.05 Å². The van der Waals surface area contributed by atoms with Crippen LogP contribution in [-0.2, 0) is 22.6 Å². The quantitative estimate of drug-likeness (QED) is 0.538. The highest BCUT2D eigenvalue weighted by molar-refractivity contribution is 7.89. The fourth-order valence-electron chi connectivity index (χ4n) is 3.50. The molecule has 1 fully saturated rings. The van der Waals surface area contributed by atoms with Crippen LogP contribution in [0.2, 0.25) is 0 Å². The normalized spacial score (nSPS) is 16.2. The zero-order chi connectivity index (χ0) is 23.9. The summed E-state index contributed by atoms with van der Waals surface area (Å²) in [7, 11) is -2.77. The van der Waals surface area contributed by atoms with Gasteiger partial charge in [0.25, 0.3) is 0 Å². The molecular formula is C18H18F3N9O2S. The van der Waals surface area contributed by atoms with Crippen molar-refractivity contribution in [2.75, 3.05) is 24.2 Å². The van der Waals surface area contributed by atoms with Gasteiger partial charge < -0.3 is 5.32 Å². The predicted octanol–water partition coefficient (Wildman–Crippen LogP) is 1.63. The highest BCUT2D eigenvalue weighted by Crippen LogP contribution is 2.36. The number of rotatable bonds is 7. The van der Waals surface area contributed by atoms with Gasteiger partial charge in [-0.3, -0.25) is 9.36 Å². The van der Waals surface area contributed by atoms with Crippen molar-refractivity contribution in [3.8, 4) is 17.3 Å². The third-order valence-corrected chi connectivity index (χ3v) is 6.81. The van der Waals surface area contributed by atoms with Crippen molar-refractivity contribution in [1.82, 2.24) is 33.8 Å². The first kappa shape index (κ1) is 22.7. The Balaban J connectivity index is 1.53. The van der Waals surface area contributed by atoms with Gasteiger partial charge in [-0.1, -0.05) is 0 Å². The molecule has 4 heterocycles. The van der Waals surface area contributed by atoms with E-state index >= 15 is 0 Å². The maximum Gasteiger partial charge on any atom is 0.404 e. The summed E-state index contributed by atoms with van der Waals surface area (Å²) in [6.07, 6.45) is 2.99.